The van der Waals surface area contributed by atoms with E-state index < -0.39 is 0 Å². The van der Waals surface area contributed by atoms with Crippen molar-refractivity contribution in [2.24, 2.45) is 0 Å². The molecular formula is C20H24O2S2. The summed E-state index contributed by atoms with van der Waals surface area (Å²) in [6.07, 6.45) is 0.520. The smallest absolute Gasteiger partial charge is 0.193 e. The van der Waals surface area contributed by atoms with Gasteiger partial charge >= 0.3 is 0 Å². The number of aryl methyl sites for hydroxylation is 3. The fraction of sp³-hybridized carbons (Fsp3) is 0.350. The number of hydrogen-bond donors (Lipinski definition) is 1. The van der Waals surface area contributed by atoms with Crippen LogP contribution in [0.5, 0.6) is 5.75 Å². The zero-order chi connectivity index (χ0) is 17.7. The van der Waals surface area contributed by atoms with Crippen molar-refractivity contribution in [2.75, 3.05) is 0 Å². The highest BCUT2D eigenvalue weighted by molar-refractivity contribution is 8.13. The predicted octanol–water partition coefficient (Wildman–Crippen LogP) is 5.65. The molecule has 0 aliphatic rings. The van der Waals surface area contributed by atoms with E-state index in [1.54, 1.807) is 0 Å². The molecule has 2 aromatic carbocycles. The van der Waals surface area contributed by atoms with E-state index in [0.29, 0.717) is 18.8 Å². The Morgan fingerprint density at radius 2 is 1.83 bits per heavy atom. The van der Waals surface area contributed by atoms with E-state index in [-0.39, 0.29) is 5.12 Å². The average molecular weight is 361 g/mol. The second-order valence-electron chi connectivity index (χ2n) is 5.87. The third-order valence-electron chi connectivity index (χ3n) is 4.08. The van der Waals surface area contributed by atoms with Gasteiger partial charge in [-0.05, 0) is 55.2 Å². The number of thiol groups is 1. The van der Waals surface area contributed by atoms with E-state index in [0.717, 1.165) is 27.3 Å². The van der Waals surface area contributed by atoms with Gasteiger partial charge in [-0.25, -0.2) is 0 Å². The molecule has 0 fully saturated rings. The Bertz CT molecular complexity index is 739. The standard InChI is InChI=1S/C20H24O2S2/c1-5-20(21)24-19-8-6-7-16(12-23)17(19)11-22-18-10-14(3)13(2)9-15(18)4/h6-10,23H,5,11-12H2,1-4H3. The molecule has 0 radical (unpaired) electrons. The molecule has 0 aliphatic heterocycles. The summed E-state index contributed by atoms with van der Waals surface area (Å²) in [6.45, 7) is 8.58. The van der Waals surface area contributed by atoms with Gasteiger partial charge in [-0.2, -0.15) is 12.6 Å². The van der Waals surface area contributed by atoms with Crippen LogP contribution in [-0.4, -0.2) is 5.12 Å². The van der Waals surface area contributed by atoms with Crippen LogP contribution in [0, 0.1) is 20.8 Å². The molecule has 0 aliphatic carbocycles. The maximum atomic E-state index is 11.8. The van der Waals surface area contributed by atoms with Crippen molar-refractivity contribution in [1.82, 2.24) is 0 Å². The van der Waals surface area contributed by atoms with Gasteiger partial charge in [0.2, 0.25) is 0 Å². The van der Waals surface area contributed by atoms with Crippen LogP contribution in [0.3, 0.4) is 0 Å². The van der Waals surface area contributed by atoms with Crippen molar-refractivity contribution in [3.63, 3.8) is 0 Å². The molecule has 128 valence electrons. The summed E-state index contributed by atoms with van der Waals surface area (Å²) in [5.74, 6) is 1.52. The van der Waals surface area contributed by atoms with Crippen molar-refractivity contribution in [3.8, 4) is 5.75 Å². The van der Waals surface area contributed by atoms with Gasteiger partial charge in [0.25, 0.3) is 0 Å². The first-order chi connectivity index (χ1) is 11.5. The van der Waals surface area contributed by atoms with Gasteiger partial charge in [-0.1, -0.05) is 36.9 Å². The van der Waals surface area contributed by atoms with Gasteiger partial charge in [-0.15, -0.1) is 0 Å². The van der Waals surface area contributed by atoms with Crippen molar-refractivity contribution in [2.45, 2.75) is 51.4 Å². The van der Waals surface area contributed by atoms with E-state index >= 15 is 0 Å². The molecule has 0 unspecified atom stereocenters. The maximum Gasteiger partial charge on any atom is 0.193 e. The van der Waals surface area contributed by atoms with Crippen molar-refractivity contribution < 1.29 is 9.53 Å². The van der Waals surface area contributed by atoms with Crippen LogP contribution in [-0.2, 0) is 17.2 Å². The molecule has 0 spiro atoms. The lowest BCUT2D eigenvalue weighted by Gasteiger charge is -2.16. The zero-order valence-corrected chi connectivity index (χ0v) is 16.4. The molecule has 2 nitrogen and oxygen atoms in total. The summed E-state index contributed by atoms with van der Waals surface area (Å²) in [5, 5.41) is 0.162. The average Bonchev–Trinajstić information content (AvgIpc) is 2.57. The molecule has 0 N–H and O–H groups in total. The molecule has 2 aromatic rings. The summed E-state index contributed by atoms with van der Waals surface area (Å²) in [5.41, 5.74) is 5.76. The van der Waals surface area contributed by atoms with E-state index in [9.17, 15) is 4.79 Å². The third kappa shape index (κ3) is 4.58. The molecule has 0 amide bonds. The summed E-state index contributed by atoms with van der Waals surface area (Å²) < 4.78 is 6.10. The van der Waals surface area contributed by atoms with E-state index in [4.69, 9.17) is 4.74 Å². The molecule has 0 saturated heterocycles. The van der Waals surface area contributed by atoms with Gasteiger partial charge in [0, 0.05) is 22.6 Å². The summed E-state index contributed by atoms with van der Waals surface area (Å²) in [6, 6.07) is 10.2. The van der Waals surface area contributed by atoms with Gasteiger partial charge < -0.3 is 4.74 Å². The van der Waals surface area contributed by atoms with E-state index in [1.165, 1.54) is 22.9 Å². The molecule has 0 saturated carbocycles. The Balaban J connectivity index is 2.28. The fourth-order valence-electron chi connectivity index (χ4n) is 2.45. The molecule has 2 rings (SSSR count). The predicted molar refractivity (Wildman–Crippen MR) is 105 cm³/mol. The number of carbonyl (C=O) groups excluding carboxylic acids is 1. The SMILES string of the molecule is CCC(=O)Sc1cccc(CS)c1COc1cc(C)c(C)cc1C. The van der Waals surface area contributed by atoms with Crippen LogP contribution in [0.4, 0.5) is 0 Å². The van der Waals surface area contributed by atoms with Gasteiger partial charge in [0.15, 0.2) is 5.12 Å². The van der Waals surface area contributed by atoms with Gasteiger partial charge in [-0.3, -0.25) is 4.79 Å². The fourth-order valence-corrected chi connectivity index (χ4v) is 3.60. The Hall–Kier alpha value is -1.39. The lowest BCUT2D eigenvalue weighted by atomic mass is 10.1. The Labute approximate surface area is 154 Å². The van der Waals surface area contributed by atoms with E-state index in [1.807, 2.05) is 25.1 Å². The normalized spacial score (nSPS) is 10.7. The minimum absolute atomic E-state index is 0.162. The molecular weight excluding hydrogens is 336 g/mol. The lowest BCUT2D eigenvalue weighted by Crippen LogP contribution is -2.04. The first-order valence-electron chi connectivity index (χ1n) is 8.09. The van der Waals surface area contributed by atoms with Crippen LogP contribution in [0.15, 0.2) is 35.2 Å². The molecule has 4 heteroatoms. The number of ether oxygens (including phenoxy) is 1. The number of thioether (sulfide) groups is 1. The highest BCUT2D eigenvalue weighted by Gasteiger charge is 2.13. The first kappa shape index (κ1) is 18.9. The minimum atomic E-state index is 0.162. The number of carbonyl (C=O) groups is 1. The minimum Gasteiger partial charge on any atom is -0.489 e. The van der Waals surface area contributed by atoms with Crippen LogP contribution in [0.25, 0.3) is 0 Å². The number of rotatable bonds is 6. The Morgan fingerprint density at radius 1 is 1.12 bits per heavy atom. The van der Waals surface area contributed by atoms with Crippen molar-refractivity contribution >= 4 is 29.5 Å². The second-order valence-corrected chi connectivity index (χ2v) is 7.29. The highest BCUT2D eigenvalue weighted by atomic mass is 32.2. The zero-order valence-electron chi connectivity index (χ0n) is 14.7. The van der Waals surface area contributed by atoms with Crippen molar-refractivity contribution in [3.05, 3.63) is 58.1 Å². The first-order valence-corrected chi connectivity index (χ1v) is 9.54. The Morgan fingerprint density at radius 3 is 2.50 bits per heavy atom. The van der Waals surface area contributed by atoms with E-state index in [2.05, 4.69) is 45.5 Å². The second kappa shape index (κ2) is 8.63. The number of benzene rings is 2. The Kier molecular flexibility index (Phi) is 6.81. The molecule has 0 heterocycles. The monoisotopic (exact) mass is 360 g/mol. The largest absolute Gasteiger partial charge is 0.489 e. The van der Waals surface area contributed by atoms with Crippen molar-refractivity contribution in [1.29, 1.82) is 0 Å². The van der Waals surface area contributed by atoms with Crippen LogP contribution in [0.1, 0.15) is 41.2 Å². The lowest BCUT2D eigenvalue weighted by molar-refractivity contribution is -0.110. The van der Waals surface area contributed by atoms with Gasteiger partial charge in [0.05, 0.1) is 0 Å². The third-order valence-corrected chi connectivity index (χ3v) is 5.54. The topological polar surface area (TPSA) is 26.3 Å². The molecule has 0 aromatic heterocycles. The molecule has 0 atom stereocenters. The van der Waals surface area contributed by atoms with Crippen LogP contribution >= 0.6 is 24.4 Å². The summed E-state index contributed by atoms with van der Waals surface area (Å²) in [7, 11) is 0. The van der Waals surface area contributed by atoms with Gasteiger partial charge in [0.1, 0.15) is 12.4 Å². The number of hydrogen-bond acceptors (Lipinski definition) is 4. The molecule has 24 heavy (non-hydrogen) atoms. The maximum absolute atomic E-state index is 11.8. The summed E-state index contributed by atoms with van der Waals surface area (Å²) in [4.78, 5) is 12.8. The van der Waals surface area contributed by atoms with Crippen LogP contribution in [0.2, 0.25) is 0 Å². The quantitative estimate of drug-likeness (QED) is 0.532. The summed E-state index contributed by atoms with van der Waals surface area (Å²) >= 11 is 5.71. The molecule has 0 bridgehead atoms. The highest BCUT2D eigenvalue weighted by Crippen LogP contribution is 2.30. The van der Waals surface area contributed by atoms with Crippen LogP contribution < -0.4 is 4.74 Å².